The molecule has 19 heavy (non-hydrogen) atoms. The Hall–Kier alpha value is -1.16. The third-order valence-corrected chi connectivity index (χ3v) is 4.36. The molecule has 2 nitrogen and oxygen atoms in total. The number of imidazole rings is 1. The van der Waals surface area contributed by atoms with E-state index in [0.717, 1.165) is 31.7 Å². The summed E-state index contributed by atoms with van der Waals surface area (Å²) in [6.45, 7) is 2.07. The van der Waals surface area contributed by atoms with Crippen LogP contribution in [0.2, 0.25) is 0 Å². The Morgan fingerprint density at radius 3 is 2.63 bits per heavy atom. The lowest BCUT2D eigenvalue weighted by Crippen LogP contribution is -2.28. The highest BCUT2D eigenvalue weighted by Crippen LogP contribution is 2.40. The minimum absolute atomic E-state index is 0.200. The molecule has 5 heteroatoms. The minimum Gasteiger partial charge on any atom is -0.319 e. The van der Waals surface area contributed by atoms with Crippen molar-refractivity contribution in [1.82, 2.24) is 9.55 Å². The van der Waals surface area contributed by atoms with Gasteiger partial charge in [0.15, 0.2) is 11.6 Å². The quantitative estimate of drug-likeness (QED) is 0.750. The first-order chi connectivity index (χ1) is 9.07. The summed E-state index contributed by atoms with van der Waals surface area (Å²) in [5, 5.41) is 0. The average molecular weight is 285 g/mol. The van der Waals surface area contributed by atoms with Crippen molar-refractivity contribution in [2.45, 2.75) is 44.0 Å². The molecule has 0 N–H and O–H groups in total. The van der Waals surface area contributed by atoms with E-state index < -0.39 is 11.6 Å². The molecule has 0 aliphatic heterocycles. The van der Waals surface area contributed by atoms with Crippen LogP contribution < -0.4 is 0 Å². The Morgan fingerprint density at radius 1 is 1.32 bits per heavy atom. The maximum Gasteiger partial charge on any atom is 0.184 e. The molecular weight excluding hydrogens is 270 g/mol. The largest absolute Gasteiger partial charge is 0.319 e. The van der Waals surface area contributed by atoms with E-state index in [1.165, 1.54) is 6.07 Å². The smallest absolute Gasteiger partial charge is 0.184 e. The van der Waals surface area contributed by atoms with E-state index in [1.54, 1.807) is 0 Å². The highest BCUT2D eigenvalue weighted by atomic mass is 35.5. The van der Waals surface area contributed by atoms with Crippen LogP contribution >= 0.6 is 11.6 Å². The number of benzene rings is 1. The standard InChI is InChI=1S/C14H15ClF2N2/c1-14(6-2-3-7-14)19-11(8-15)18-10-5-4-9(16)12(17)13(10)19/h4-5H,2-3,6-8H2,1H3. The van der Waals surface area contributed by atoms with Crippen molar-refractivity contribution in [3.63, 3.8) is 0 Å². The summed E-state index contributed by atoms with van der Waals surface area (Å²) < 4.78 is 29.5. The van der Waals surface area contributed by atoms with E-state index in [4.69, 9.17) is 11.6 Å². The maximum atomic E-state index is 14.2. The van der Waals surface area contributed by atoms with E-state index in [9.17, 15) is 8.78 Å². The van der Waals surface area contributed by atoms with Crippen LogP contribution in [0.25, 0.3) is 11.0 Å². The Morgan fingerprint density at radius 2 is 2.00 bits per heavy atom. The van der Waals surface area contributed by atoms with Gasteiger partial charge in [0.1, 0.15) is 11.3 Å². The molecule has 102 valence electrons. The van der Waals surface area contributed by atoms with E-state index in [2.05, 4.69) is 11.9 Å². The summed E-state index contributed by atoms with van der Waals surface area (Å²) in [7, 11) is 0. The Bertz CT molecular complexity index is 630. The van der Waals surface area contributed by atoms with Gasteiger partial charge in [-0.3, -0.25) is 0 Å². The lowest BCUT2D eigenvalue weighted by Gasteiger charge is -2.28. The first-order valence-corrected chi connectivity index (χ1v) is 7.02. The molecule has 1 aliphatic rings. The molecule has 2 aromatic rings. The Labute approximate surface area is 115 Å². The fourth-order valence-electron chi connectivity index (χ4n) is 3.18. The molecule has 1 saturated carbocycles. The van der Waals surface area contributed by atoms with Crippen molar-refractivity contribution in [2.24, 2.45) is 0 Å². The molecule has 1 aromatic carbocycles. The topological polar surface area (TPSA) is 17.8 Å². The van der Waals surface area contributed by atoms with E-state index in [0.29, 0.717) is 11.3 Å². The normalized spacial score (nSPS) is 18.3. The average Bonchev–Trinajstić information content (AvgIpc) is 2.98. The predicted octanol–water partition coefficient (Wildman–Crippen LogP) is 4.34. The number of alkyl halides is 1. The molecule has 1 heterocycles. The Balaban J connectivity index is 2.34. The molecule has 1 aliphatic carbocycles. The Kier molecular flexibility index (Phi) is 3.01. The molecule has 1 fully saturated rings. The number of nitrogens with zero attached hydrogens (tertiary/aromatic N) is 2. The van der Waals surface area contributed by atoms with Crippen LogP contribution in [0, 0.1) is 11.6 Å². The highest BCUT2D eigenvalue weighted by Gasteiger charge is 2.35. The van der Waals surface area contributed by atoms with Gasteiger partial charge in [-0.1, -0.05) is 12.8 Å². The van der Waals surface area contributed by atoms with Crippen LogP contribution in [0.5, 0.6) is 0 Å². The summed E-state index contributed by atoms with van der Waals surface area (Å²) in [4.78, 5) is 4.35. The first kappa shape index (κ1) is 12.9. The number of fused-ring (bicyclic) bond motifs is 1. The van der Waals surface area contributed by atoms with Crippen LogP contribution in [0.1, 0.15) is 38.4 Å². The van der Waals surface area contributed by atoms with Gasteiger partial charge in [-0.25, -0.2) is 13.8 Å². The van der Waals surface area contributed by atoms with Crippen molar-refractivity contribution >= 4 is 22.6 Å². The fourth-order valence-corrected chi connectivity index (χ4v) is 3.36. The van der Waals surface area contributed by atoms with Gasteiger partial charge in [0.2, 0.25) is 0 Å². The second kappa shape index (κ2) is 4.44. The number of halogens is 3. The highest BCUT2D eigenvalue weighted by molar-refractivity contribution is 6.16. The van der Waals surface area contributed by atoms with Crippen molar-refractivity contribution in [2.75, 3.05) is 0 Å². The van der Waals surface area contributed by atoms with Gasteiger partial charge in [0, 0.05) is 5.54 Å². The molecule has 0 saturated heterocycles. The van der Waals surface area contributed by atoms with E-state index in [1.807, 2.05) is 4.57 Å². The molecule has 1 aromatic heterocycles. The minimum atomic E-state index is -0.837. The number of hydrogen-bond donors (Lipinski definition) is 0. The molecular formula is C14H15ClF2N2. The number of aromatic nitrogens is 2. The van der Waals surface area contributed by atoms with Crippen molar-refractivity contribution in [1.29, 1.82) is 0 Å². The lowest BCUT2D eigenvalue weighted by molar-refractivity contribution is 0.327. The second-order valence-corrected chi connectivity index (χ2v) is 5.70. The SMILES string of the molecule is CC1(n2c(CCl)nc3ccc(F)c(F)c32)CCCC1. The van der Waals surface area contributed by atoms with E-state index >= 15 is 0 Å². The molecule has 0 amide bonds. The van der Waals surface area contributed by atoms with Gasteiger partial charge in [-0.05, 0) is 31.9 Å². The predicted molar refractivity (Wildman–Crippen MR) is 71.3 cm³/mol. The third kappa shape index (κ3) is 1.84. The summed E-state index contributed by atoms with van der Waals surface area (Å²) in [5.74, 6) is -0.845. The van der Waals surface area contributed by atoms with Crippen molar-refractivity contribution in [3.05, 3.63) is 29.6 Å². The zero-order valence-corrected chi connectivity index (χ0v) is 11.5. The van der Waals surface area contributed by atoms with Crippen LogP contribution in [0.15, 0.2) is 12.1 Å². The van der Waals surface area contributed by atoms with Gasteiger partial charge in [-0.15, -0.1) is 11.6 Å². The van der Waals surface area contributed by atoms with Crippen molar-refractivity contribution in [3.8, 4) is 0 Å². The molecule has 0 bridgehead atoms. The van der Waals surface area contributed by atoms with Crippen LogP contribution in [0.4, 0.5) is 8.78 Å². The van der Waals surface area contributed by atoms with Crippen LogP contribution in [0.3, 0.4) is 0 Å². The monoisotopic (exact) mass is 284 g/mol. The molecule has 3 rings (SSSR count). The molecule has 0 unspecified atom stereocenters. The zero-order chi connectivity index (χ0) is 13.6. The van der Waals surface area contributed by atoms with Crippen LogP contribution in [-0.2, 0) is 11.4 Å². The van der Waals surface area contributed by atoms with E-state index in [-0.39, 0.29) is 16.9 Å². The molecule has 0 atom stereocenters. The number of rotatable bonds is 2. The fraction of sp³-hybridized carbons (Fsp3) is 0.500. The van der Waals surface area contributed by atoms with Gasteiger partial charge in [0.05, 0.1) is 11.4 Å². The van der Waals surface area contributed by atoms with Gasteiger partial charge < -0.3 is 4.57 Å². The molecule has 0 spiro atoms. The zero-order valence-electron chi connectivity index (χ0n) is 10.7. The summed E-state index contributed by atoms with van der Waals surface area (Å²) >= 11 is 5.94. The number of hydrogen-bond acceptors (Lipinski definition) is 1. The summed E-state index contributed by atoms with van der Waals surface area (Å²) in [6, 6.07) is 2.63. The van der Waals surface area contributed by atoms with Gasteiger partial charge >= 0.3 is 0 Å². The lowest BCUT2D eigenvalue weighted by atomic mass is 9.99. The third-order valence-electron chi connectivity index (χ3n) is 4.12. The molecule has 0 radical (unpaired) electrons. The van der Waals surface area contributed by atoms with Crippen LogP contribution in [-0.4, -0.2) is 9.55 Å². The van der Waals surface area contributed by atoms with Crippen molar-refractivity contribution < 1.29 is 8.78 Å². The summed E-state index contributed by atoms with van der Waals surface area (Å²) in [6.07, 6.45) is 4.07. The maximum absolute atomic E-state index is 14.2. The summed E-state index contributed by atoms with van der Waals surface area (Å²) in [5.41, 5.74) is 0.510. The van der Waals surface area contributed by atoms with Gasteiger partial charge in [0.25, 0.3) is 0 Å². The van der Waals surface area contributed by atoms with Gasteiger partial charge in [-0.2, -0.15) is 0 Å². The second-order valence-electron chi connectivity index (χ2n) is 5.43. The first-order valence-electron chi connectivity index (χ1n) is 6.48.